The molecule has 2 saturated heterocycles. The minimum Gasteiger partial charge on any atom is -0.487 e. The van der Waals surface area contributed by atoms with E-state index in [-0.39, 0.29) is 11.9 Å². The molecule has 0 saturated carbocycles. The Labute approximate surface area is 125 Å². The molecule has 5 heteroatoms. The van der Waals surface area contributed by atoms with Crippen LogP contribution in [0.3, 0.4) is 0 Å². The molecule has 0 bridgehead atoms. The van der Waals surface area contributed by atoms with Crippen molar-refractivity contribution in [2.24, 2.45) is 0 Å². The van der Waals surface area contributed by atoms with Crippen LogP contribution in [0.4, 0.5) is 0 Å². The Balaban J connectivity index is 1.63. The van der Waals surface area contributed by atoms with Crippen molar-refractivity contribution in [2.75, 3.05) is 52.9 Å². The van der Waals surface area contributed by atoms with Crippen molar-refractivity contribution in [2.45, 2.75) is 6.10 Å². The van der Waals surface area contributed by atoms with Gasteiger partial charge >= 0.3 is 0 Å². The quantitative estimate of drug-likeness (QED) is 0.798. The fourth-order valence-corrected chi connectivity index (χ4v) is 2.62. The molecule has 0 spiro atoms. The lowest BCUT2D eigenvalue weighted by molar-refractivity contribution is 0.0864. The van der Waals surface area contributed by atoms with Crippen LogP contribution in [-0.4, -0.2) is 74.5 Å². The van der Waals surface area contributed by atoms with Gasteiger partial charge in [0.05, 0.1) is 12.1 Å². The number of hydrogen-bond acceptors (Lipinski definition) is 5. The van der Waals surface area contributed by atoms with Crippen LogP contribution in [0.2, 0.25) is 0 Å². The standard InChI is InChI=1S/C16H23N3O2/c1-18-6-8-19(9-7-18)12-15(20)14-4-2-3-5-16(14)21-13-10-17-11-13/h2-5,13,17H,6-12H2,1H3. The zero-order chi connectivity index (χ0) is 14.7. The number of carbonyl (C=O) groups excluding carboxylic acids is 1. The van der Waals surface area contributed by atoms with E-state index in [0.29, 0.717) is 12.1 Å². The average molecular weight is 289 g/mol. The maximum atomic E-state index is 12.6. The summed E-state index contributed by atoms with van der Waals surface area (Å²) in [6.07, 6.45) is 0.197. The SMILES string of the molecule is CN1CCN(CC(=O)c2ccccc2OC2CNC2)CC1. The first-order valence-electron chi connectivity index (χ1n) is 7.63. The van der Waals surface area contributed by atoms with Crippen molar-refractivity contribution in [3.63, 3.8) is 0 Å². The molecule has 2 aliphatic rings. The maximum Gasteiger partial charge on any atom is 0.180 e. The van der Waals surface area contributed by atoms with Crippen molar-refractivity contribution in [3.8, 4) is 5.75 Å². The van der Waals surface area contributed by atoms with Gasteiger partial charge in [0.2, 0.25) is 0 Å². The predicted octanol–water partition coefficient (Wildman–Crippen LogP) is 0.467. The van der Waals surface area contributed by atoms with Crippen LogP contribution in [0.1, 0.15) is 10.4 Å². The van der Waals surface area contributed by atoms with E-state index < -0.39 is 0 Å². The summed E-state index contributed by atoms with van der Waals surface area (Å²) >= 11 is 0. The maximum absolute atomic E-state index is 12.6. The first-order valence-corrected chi connectivity index (χ1v) is 7.63. The van der Waals surface area contributed by atoms with E-state index in [4.69, 9.17) is 4.74 Å². The molecule has 0 unspecified atom stereocenters. The highest BCUT2D eigenvalue weighted by Crippen LogP contribution is 2.21. The van der Waals surface area contributed by atoms with Crippen LogP contribution in [0.25, 0.3) is 0 Å². The third kappa shape index (κ3) is 3.61. The number of ketones is 1. The third-order valence-corrected chi connectivity index (χ3v) is 4.19. The van der Waals surface area contributed by atoms with E-state index in [1.165, 1.54) is 0 Å². The molecule has 21 heavy (non-hydrogen) atoms. The van der Waals surface area contributed by atoms with Crippen LogP contribution >= 0.6 is 0 Å². The second-order valence-corrected chi connectivity index (χ2v) is 5.90. The number of benzene rings is 1. The number of carbonyl (C=O) groups is 1. The van der Waals surface area contributed by atoms with Gasteiger partial charge in [-0.25, -0.2) is 0 Å². The van der Waals surface area contributed by atoms with Crippen molar-refractivity contribution in [1.29, 1.82) is 0 Å². The highest BCUT2D eigenvalue weighted by Gasteiger charge is 2.23. The Morgan fingerprint density at radius 2 is 1.95 bits per heavy atom. The molecule has 1 aromatic rings. The number of hydrogen-bond donors (Lipinski definition) is 1. The number of rotatable bonds is 5. The minimum atomic E-state index is 0.155. The molecule has 0 aliphatic carbocycles. The molecular formula is C16H23N3O2. The van der Waals surface area contributed by atoms with Crippen molar-refractivity contribution >= 4 is 5.78 Å². The van der Waals surface area contributed by atoms with Crippen LogP contribution in [-0.2, 0) is 0 Å². The Hall–Kier alpha value is -1.43. The molecule has 5 nitrogen and oxygen atoms in total. The normalized spacial score (nSPS) is 21.0. The van der Waals surface area contributed by atoms with E-state index in [0.717, 1.165) is 45.0 Å². The largest absolute Gasteiger partial charge is 0.487 e. The molecule has 1 aromatic carbocycles. The van der Waals surface area contributed by atoms with Gasteiger partial charge < -0.3 is 15.0 Å². The summed E-state index contributed by atoms with van der Waals surface area (Å²) in [5.74, 6) is 0.880. The Morgan fingerprint density at radius 3 is 2.62 bits per heavy atom. The predicted molar refractivity (Wildman–Crippen MR) is 82.0 cm³/mol. The van der Waals surface area contributed by atoms with Crippen LogP contribution in [0.15, 0.2) is 24.3 Å². The van der Waals surface area contributed by atoms with Gasteiger partial charge in [-0.2, -0.15) is 0 Å². The zero-order valence-electron chi connectivity index (χ0n) is 12.5. The number of para-hydroxylation sites is 1. The molecule has 0 radical (unpaired) electrons. The van der Waals surface area contributed by atoms with E-state index in [1.54, 1.807) is 0 Å². The van der Waals surface area contributed by atoms with Crippen LogP contribution in [0.5, 0.6) is 5.75 Å². The van der Waals surface area contributed by atoms with Gasteiger partial charge in [0.1, 0.15) is 11.9 Å². The van der Waals surface area contributed by atoms with Gasteiger partial charge in [-0.3, -0.25) is 9.69 Å². The molecule has 1 N–H and O–H groups in total. The summed E-state index contributed by atoms with van der Waals surface area (Å²) in [6.45, 7) is 6.17. The van der Waals surface area contributed by atoms with Gasteiger partial charge in [-0.1, -0.05) is 12.1 Å². The lowest BCUT2D eigenvalue weighted by Gasteiger charge is -2.32. The van der Waals surface area contributed by atoms with E-state index >= 15 is 0 Å². The average Bonchev–Trinajstić information content (AvgIpc) is 2.46. The summed E-state index contributed by atoms with van der Waals surface area (Å²) in [4.78, 5) is 17.1. The molecular weight excluding hydrogens is 266 g/mol. The number of ether oxygens (including phenoxy) is 1. The summed E-state index contributed by atoms with van der Waals surface area (Å²) in [6, 6.07) is 7.60. The second-order valence-electron chi connectivity index (χ2n) is 5.90. The number of likely N-dealkylation sites (N-methyl/N-ethyl adjacent to an activating group) is 1. The van der Waals surface area contributed by atoms with Gasteiger partial charge in [-0.15, -0.1) is 0 Å². The molecule has 0 amide bonds. The summed E-state index contributed by atoms with van der Waals surface area (Å²) in [5, 5.41) is 3.18. The van der Waals surface area contributed by atoms with E-state index in [9.17, 15) is 4.79 Å². The molecule has 2 heterocycles. The number of nitrogens with zero attached hydrogens (tertiary/aromatic N) is 2. The molecule has 114 valence electrons. The molecule has 3 rings (SSSR count). The summed E-state index contributed by atoms with van der Waals surface area (Å²) in [7, 11) is 2.12. The van der Waals surface area contributed by atoms with E-state index in [1.807, 2.05) is 24.3 Å². The van der Waals surface area contributed by atoms with Crippen molar-refractivity contribution in [3.05, 3.63) is 29.8 Å². The van der Waals surface area contributed by atoms with Crippen molar-refractivity contribution in [1.82, 2.24) is 15.1 Å². The highest BCUT2D eigenvalue weighted by molar-refractivity contribution is 6.00. The molecule has 2 fully saturated rings. The third-order valence-electron chi connectivity index (χ3n) is 4.19. The number of Topliss-reactive ketones (excluding diaryl/α,β-unsaturated/α-hetero) is 1. The van der Waals surface area contributed by atoms with Gasteiger partial charge in [-0.05, 0) is 19.2 Å². The van der Waals surface area contributed by atoms with E-state index in [2.05, 4.69) is 22.2 Å². The monoisotopic (exact) mass is 289 g/mol. The lowest BCUT2D eigenvalue weighted by atomic mass is 10.1. The second kappa shape index (κ2) is 6.56. The molecule has 0 aromatic heterocycles. The molecule has 2 aliphatic heterocycles. The Morgan fingerprint density at radius 1 is 1.24 bits per heavy atom. The highest BCUT2D eigenvalue weighted by atomic mass is 16.5. The van der Waals surface area contributed by atoms with Gasteiger partial charge in [0.25, 0.3) is 0 Å². The fourth-order valence-electron chi connectivity index (χ4n) is 2.62. The summed E-state index contributed by atoms with van der Waals surface area (Å²) < 4.78 is 5.90. The number of piperazine rings is 1. The van der Waals surface area contributed by atoms with Gasteiger partial charge in [0.15, 0.2) is 5.78 Å². The first-order chi connectivity index (χ1) is 10.2. The summed E-state index contributed by atoms with van der Waals surface area (Å²) in [5.41, 5.74) is 0.711. The minimum absolute atomic E-state index is 0.155. The van der Waals surface area contributed by atoms with Gasteiger partial charge in [0, 0.05) is 39.3 Å². The lowest BCUT2D eigenvalue weighted by Crippen LogP contribution is -2.50. The first kappa shape index (κ1) is 14.5. The van der Waals surface area contributed by atoms with Crippen molar-refractivity contribution < 1.29 is 9.53 Å². The fraction of sp³-hybridized carbons (Fsp3) is 0.562. The Bertz CT molecular complexity index is 494. The van der Waals surface area contributed by atoms with Crippen LogP contribution < -0.4 is 10.1 Å². The number of nitrogens with one attached hydrogen (secondary N) is 1. The van der Waals surface area contributed by atoms with Crippen LogP contribution in [0, 0.1) is 0 Å². The molecule has 0 atom stereocenters. The topological polar surface area (TPSA) is 44.8 Å². The zero-order valence-corrected chi connectivity index (χ0v) is 12.5. The smallest absolute Gasteiger partial charge is 0.180 e. The Kier molecular flexibility index (Phi) is 4.53.